The molecular weight excluding hydrogens is 184 g/mol. The first kappa shape index (κ1) is 13.0. The summed E-state index contributed by atoms with van der Waals surface area (Å²) in [5.41, 5.74) is 0. The van der Waals surface area contributed by atoms with Gasteiger partial charge in [0.25, 0.3) is 0 Å². The van der Waals surface area contributed by atoms with Gasteiger partial charge in [0.15, 0.2) is 0 Å². The molecule has 0 radical (unpaired) electrons. The Morgan fingerprint density at radius 3 is 2.60 bits per heavy atom. The Bertz CT molecular complexity index is 168. The van der Waals surface area contributed by atoms with Gasteiger partial charge in [0.1, 0.15) is 0 Å². The van der Waals surface area contributed by atoms with E-state index in [1.54, 1.807) is 0 Å². The van der Waals surface area contributed by atoms with E-state index in [2.05, 4.69) is 37.9 Å². The standard InChI is InChI=1S/C13H28N2/c1-11(2)14-9-12(3)10-15-8-6-5-7-13(15)4/h11-14H,5-10H2,1-4H3. The highest BCUT2D eigenvalue weighted by Crippen LogP contribution is 2.17. The summed E-state index contributed by atoms with van der Waals surface area (Å²) in [6.07, 6.45) is 4.22. The minimum atomic E-state index is 0.617. The zero-order valence-electron chi connectivity index (χ0n) is 10.9. The molecule has 1 heterocycles. The van der Waals surface area contributed by atoms with Gasteiger partial charge >= 0.3 is 0 Å². The molecule has 2 atom stereocenters. The number of hydrogen-bond acceptors (Lipinski definition) is 2. The SMILES string of the molecule is CC(CNC(C)C)CN1CCCCC1C. The summed E-state index contributed by atoms with van der Waals surface area (Å²) in [6, 6.07) is 1.42. The monoisotopic (exact) mass is 212 g/mol. The molecule has 0 saturated carbocycles. The number of hydrogen-bond donors (Lipinski definition) is 1. The van der Waals surface area contributed by atoms with Gasteiger partial charge in [-0.15, -0.1) is 0 Å². The van der Waals surface area contributed by atoms with Crippen LogP contribution in [0.1, 0.15) is 47.0 Å². The van der Waals surface area contributed by atoms with Gasteiger partial charge in [0.05, 0.1) is 0 Å². The summed E-state index contributed by atoms with van der Waals surface area (Å²) >= 11 is 0. The van der Waals surface area contributed by atoms with Crippen LogP contribution in [0.5, 0.6) is 0 Å². The topological polar surface area (TPSA) is 15.3 Å². The van der Waals surface area contributed by atoms with E-state index in [0.29, 0.717) is 6.04 Å². The second kappa shape index (κ2) is 6.49. The first-order valence-electron chi connectivity index (χ1n) is 6.57. The van der Waals surface area contributed by atoms with Crippen molar-refractivity contribution in [3.63, 3.8) is 0 Å². The molecule has 2 unspecified atom stereocenters. The highest BCUT2D eigenvalue weighted by molar-refractivity contribution is 4.75. The van der Waals surface area contributed by atoms with Gasteiger partial charge in [-0.05, 0) is 38.8 Å². The summed E-state index contributed by atoms with van der Waals surface area (Å²) in [5.74, 6) is 0.771. The summed E-state index contributed by atoms with van der Waals surface area (Å²) < 4.78 is 0. The predicted octanol–water partition coefficient (Wildman–Crippen LogP) is 2.49. The minimum Gasteiger partial charge on any atom is -0.314 e. The van der Waals surface area contributed by atoms with E-state index in [1.165, 1.54) is 32.4 Å². The van der Waals surface area contributed by atoms with Gasteiger partial charge in [-0.25, -0.2) is 0 Å². The molecule has 0 bridgehead atoms. The van der Waals surface area contributed by atoms with Crippen LogP contribution in [0.3, 0.4) is 0 Å². The zero-order chi connectivity index (χ0) is 11.3. The second-order valence-electron chi connectivity index (χ2n) is 5.51. The van der Waals surface area contributed by atoms with Gasteiger partial charge in [-0.3, -0.25) is 0 Å². The van der Waals surface area contributed by atoms with Crippen LogP contribution in [0.25, 0.3) is 0 Å². The first-order valence-corrected chi connectivity index (χ1v) is 6.57. The molecule has 0 aromatic heterocycles. The van der Waals surface area contributed by atoms with Gasteiger partial charge in [0, 0.05) is 18.6 Å². The van der Waals surface area contributed by atoms with Crippen LogP contribution in [-0.2, 0) is 0 Å². The van der Waals surface area contributed by atoms with Gasteiger partial charge < -0.3 is 10.2 Å². The molecule has 1 saturated heterocycles. The number of nitrogens with one attached hydrogen (secondary N) is 1. The highest BCUT2D eigenvalue weighted by Gasteiger charge is 2.19. The summed E-state index contributed by atoms with van der Waals surface area (Å²) in [4.78, 5) is 2.66. The zero-order valence-corrected chi connectivity index (χ0v) is 10.9. The normalized spacial score (nSPS) is 25.8. The fourth-order valence-electron chi connectivity index (χ4n) is 2.33. The molecule has 0 spiro atoms. The van der Waals surface area contributed by atoms with E-state index < -0.39 is 0 Å². The molecular formula is C13H28N2. The van der Waals surface area contributed by atoms with Crippen LogP contribution in [-0.4, -0.2) is 36.6 Å². The molecule has 1 N–H and O–H groups in total. The molecule has 1 aliphatic heterocycles. The van der Waals surface area contributed by atoms with Crippen molar-refractivity contribution in [2.24, 2.45) is 5.92 Å². The molecule has 2 nitrogen and oxygen atoms in total. The van der Waals surface area contributed by atoms with Crippen LogP contribution in [0.4, 0.5) is 0 Å². The van der Waals surface area contributed by atoms with E-state index in [-0.39, 0.29) is 0 Å². The summed E-state index contributed by atoms with van der Waals surface area (Å²) in [5, 5.41) is 3.52. The maximum atomic E-state index is 3.52. The molecule has 0 aromatic rings. The van der Waals surface area contributed by atoms with Crippen LogP contribution in [0, 0.1) is 5.92 Å². The van der Waals surface area contributed by atoms with Crippen LogP contribution in [0.15, 0.2) is 0 Å². The molecule has 1 aliphatic rings. The molecule has 15 heavy (non-hydrogen) atoms. The molecule has 1 rings (SSSR count). The lowest BCUT2D eigenvalue weighted by Gasteiger charge is -2.35. The lowest BCUT2D eigenvalue weighted by molar-refractivity contribution is 0.138. The second-order valence-corrected chi connectivity index (χ2v) is 5.51. The van der Waals surface area contributed by atoms with Gasteiger partial charge in [-0.1, -0.05) is 27.2 Å². The molecule has 0 aromatic carbocycles. The van der Waals surface area contributed by atoms with Crippen molar-refractivity contribution >= 4 is 0 Å². The molecule has 0 amide bonds. The maximum Gasteiger partial charge on any atom is 0.00670 e. The third-order valence-electron chi connectivity index (χ3n) is 3.36. The van der Waals surface area contributed by atoms with E-state index in [4.69, 9.17) is 0 Å². The molecule has 1 fully saturated rings. The van der Waals surface area contributed by atoms with Gasteiger partial charge in [0.2, 0.25) is 0 Å². The van der Waals surface area contributed by atoms with Crippen molar-refractivity contribution < 1.29 is 0 Å². The number of piperidine rings is 1. The van der Waals surface area contributed by atoms with Crippen molar-refractivity contribution in [3.8, 4) is 0 Å². The third-order valence-corrected chi connectivity index (χ3v) is 3.36. The Labute approximate surface area is 95.4 Å². The summed E-state index contributed by atoms with van der Waals surface area (Å²) in [7, 11) is 0. The van der Waals surface area contributed by atoms with E-state index in [9.17, 15) is 0 Å². The average Bonchev–Trinajstić information content (AvgIpc) is 2.18. The van der Waals surface area contributed by atoms with Crippen molar-refractivity contribution in [2.75, 3.05) is 19.6 Å². The smallest absolute Gasteiger partial charge is 0.00670 e. The Morgan fingerprint density at radius 1 is 1.27 bits per heavy atom. The molecule has 2 heteroatoms. The quantitative estimate of drug-likeness (QED) is 0.753. The average molecular weight is 212 g/mol. The van der Waals surface area contributed by atoms with Crippen molar-refractivity contribution in [2.45, 2.75) is 59.0 Å². The lowest BCUT2D eigenvalue weighted by atomic mass is 10.0. The lowest BCUT2D eigenvalue weighted by Crippen LogP contribution is -2.42. The van der Waals surface area contributed by atoms with E-state index >= 15 is 0 Å². The Morgan fingerprint density at radius 2 is 2.00 bits per heavy atom. The Hall–Kier alpha value is -0.0800. The van der Waals surface area contributed by atoms with Gasteiger partial charge in [-0.2, -0.15) is 0 Å². The summed E-state index contributed by atoms with van der Waals surface area (Å²) in [6.45, 7) is 12.9. The Balaban J connectivity index is 2.20. The number of nitrogens with zero attached hydrogens (tertiary/aromatic N) is 1. The number of likely N-dealkylation sites (tertiary alicyclic amines) is 1. The maximum absolute atomic E-state index is 3.52. The largest absolute Gasteiger partial charge is 0.314 e. The van der Waals surface area contributed by atoms with Crippen LogP contribution < -0.4 is 5.32 Å². The van der Waals surface area contributed by atoms with Crippen LogP contribution in [0.2, 0.25) is 0 Å². The highest BCUT2D eigenvalue weighted by atomic mass is 15.2. The Kier molecular flexibility index (Phi) is 5.62. The van der Waals surface area contributed by atoms with Crippen molar-refractivity contribution in [1.82, 2.24) is 10.2 Å². The first-order chi connectivity index (χ1) is 7.09. The third kappa shape index (κ3) is 4.98. The van der Waals surface area contributed by atoms with Crippen LogP contribution >= 0.6 is 0 Å². The van der Waals surface area contributed by atoms with Crippen molar-refractivity contribution in [3.05, 3.63) is 0 Å². The number of rotatable bonds is 5. The minimum absolute atomic E-state index is 0.617. The molecule has 90 valence electrons. The van der Waals surface area contributed by atoms with E-state index in [0.717, 1.165) is 18.5 Å². The predicted molar refractivity (Wildman–Crippen MR) is 67.2 cm³/mol. The fourth-order valence-corrected chi connectivity index (χ4v) is 2.33. The van der Waals surface area contributed by atoms with Crippen molar-refractivity contribution in [1.29, 1.82) is 0 Å². The fraction of sp³-hybridized carbons (Fsp3) is 1.00. The van der Waals surface area contributed by atoms with E-state index in [1.807, 2.05) is 0 Å². The molecule has 0 aliphatic carbocycles.